The molecule has 0 aliphatic carbocycles. The van der Waals surface area contributed by atoms with Crippen LogP contribution in [0.2, 0.25) is 0 Å². The molecule has 0 heterocycles. The third-order valence-corrected chi connectivity index (χ3v) is 4.18. The molecule has 0 aromatic heterocycles. The largest absolute Gasteiger partial charge is 0.490 e. The van der Waals surface area contributed by atoms with Crippen molar-refractivity contribution in [3.05, 3.63) is 57.6 Å². The van der Waals surface area contributed by atoms with Crippen molar-refractivity contribution >= 4 is 33.5 Å². The number of nitrogens with zero attached hydrogens (tertiary/aromatic N) is 1. The minimum atomic E-state index is -1.07. The standard InChI is InChI=1S/C20H18BrNO4/c1-3-25-18-9-15(17(21)10-19(18)26-12-20(23)24)8-16(11-22)14-6-4-13(2)5-7-14/h4-10H,3,12H2,1-2H3,(H,23,24)/b16-8-. The van der Waals surface area contributed by atoms with Crippen LogP contribution in [-0.2, 0) is 4.79 Å². The Morgan fingerprint density at radius 2 is 1.88 bits per heavy atom. The maximum absolute atomic E-state index is 10.7. The van der Waals surface area contributed by atoms with E-state index in [1.807, 2.05) is 38.1 Å². The number of aliphatic carboxylic acids is 1. The highest BCUT2D eigenvalue weighted by Gasteiger charge is 2.12. The molecule has 0 spiro atoms. The third kappa shape index (κ3) is 5.11. The molecule has 0 bridgehead atoms. The van der Waals surface area contributed by atoms with E-state index in [1.54, 1.807) is 18.2 Å². The lowest BCUT2D eigenvalue weighted by atomic mass is 10.0. The maximum Gasteiger partial charge on any atom is 0.341 e. The van der Waals surface area contributed by atoms with Crippen LogP contribution in [0, 0.1) is 18.3 Å². The van der Waals surface area contributed by atoms with Gasteiger partial charge in [0.25, 0.3) is 0 Å². The van der Waals surface area contributed by atoms with Crippen molar-refractivity contribution < 1.29 is 19.4 Å². The summed E-state index contributed by atoms with van der Waals surface area (Å²) < 4.78 is 11.5. The Labute approximate surface area is 160 Å². The number of nitriles is 1. The number of carbonyl (C=O) groups is 1. The fourth-order valence-electron chi connectivity index (χ4n) is 2.25. The second kappa shape index (κ2) is 9.07. The summed E-state index contributed by atoms with van der Waals surface area (Å²) in [6.45, 7) is 3.75. The van der Waals surface area contributed by atoms with E-state index in [0.717, 1.165) is 16.7 Å². The predicted molar refractivity (Wildman–Crippen MR) is 103 cm³/mol. The Morgan fingerprint density at radius 3 is 2.46 bits per heavy atom. The zero-order valence-electron chi connectivity index (χ0n) is 14.5. The Morgan fingerprint density at radius 1 is 1.23 bits per heavy atom. The number of aryl methyl sites for hydroxylation is 1. The molecule has 0 saturated carbocycles. The summed E-state index contributed by atoms with van der Waals surface area (Å²) in [7, 11) is 0. The van der Waals surface area contributed by atoms with Crippen molar-refractivity contribution in [1.29, 1.82) is 5.26 Å². The van der Waals surface area contributed by atoms with E-state index < -0.39 is 12.6 Å². The van der Waals surface area contributed by atoms with Crippen molar-refractivity contribution in [2.24, 2.45) is 0 Å². The van der Waals surface area contributed by atoms with E-state index in [2.05, 4.69) is 22.0 Å². The zero-order valence-corrected chi connectivity index (χ0v) is 16.0. The predicted octanol–water partition coefficient (Wildman–Crippen LogP) is 4.68. The fraction of sp³-hybridized carbons (Fsp3) is 0.200. The van der Waals surface area contributed by atoms with Gasteiger partial charge in [-0.2, -0.15) is 5.26 Å². The lowest BCUT2D eigenvalue weighted by Gasteiger charge is -2.13. The molecule has 0 radical (unpaired) electrons. The highest BCUT2D eigenvalue weighted by atomic mass is 79.9. The van der Waals surface area contributed by atoms with Crippen LogP contribution in [0.1, 0.15) is 23.6 Å². The summed E-state index contributed by atoms with van der Waals surface area (Å²) in [6, 6.07) is 13.3. The first-order valence-corrected chi connectivity index (χ1v) is 8.73. The average Bonchev–Trinajstić information content (AvgIpc) is 2.61. The van der Waals surface area contributed by atoms with Crippen molar-refractivity contribution in [2.45, 2.75) is 13.8 Å². The van der Waals surface area contributed by atoms with E-state index in [-0.39, 0.29) is 0 Å². The molecule has 0 amide bonds. The number of carboxylic acids is 1. The fourth-order valence-corrected chi connectivity index (χ4v) is 2.69. The number of hydrogen-bond acceptors (Lipinski definition) is 4. The minimum absolute atomic E-state index is 0.326. The third-order valence-electron chi connectivity index (χ3n) is 3.50. The van der Waals surface area contributed by atoms with Crippen molar-refractivity contribution in [3.8, 4) is 17.6 Å². The van der Waals surface area contributed by atoms with Crippen LogP contribution in [0.3, 0.4) is 0 Å². The number of halogens is 1. The Kier molecular flexibility index (Phi) is 6.81. The molecule has 0 aliphatic rings. The van der Waals surface area contributed by atoms with Gasteiger partial charge in [-0.3, -0.25) is 0 Å². The number of hydrogen-bond donors (Lipinski definition) is 1. The second-order valence-electron chi connectivity index (χ2n) is 5.47. The molecule has 2 aromatic carbocycles. The van der Waals surface area contributed by atoms with Crippen LogP contribution in [0.4, 0.5) is 0 Å². The van der Waals surface area contributed by atoms with E-state index in [1.165, 1.54) is 0 Å². The highest BCUT2D eigenvalue weighted by molar-refractivity contribution is 9.10. The van der Waals surface area contributed by atoms with Gasteiger partial charge in [-0.1, -0.05) is 45.8 Å². The zero-order chi connectivity index (χ0) is 19.1. The molecule has 5 nitrogen and oxygen atoms in total. The van der Waals surface area contributed by atoms with Gasteiger partial charge in [-0.25, -0.2) is 4.79 Å². The van der Waals surface area contributed by atoms with Gasteiger partial charge >= 0.3 is 5.97 Å². The number of allylic oxidation sites excluding steroid dienone is 1. The van der Waals surface area contributed by atoms with E-state index >= 15 is 0 Å². The van der Waals surface area contributed by atoms with Crippen molar-refractivity contribution in [1.82, 2.24) is 0 Å². The lowest BCUT2D eigenvalue weighted by Crippen LogP contribution is -2.10. The summed E-state index contributed by atoms with van der Waals surface area (Å²) in [4.78, 5) is 10.7. The van der Waals surface area contributed by atoms with E-state index in [9.17, 15) is 10.1 Å². The summed E-state index contributed by atoms with van der Waals surface area (Å²) in [5.41, 5.74) is 3.17. The first-order chi connectivity index (χ1) is 12.4. The van der Waals surface area contributed by atoms with Gasteiger partial charge in [0.1, 0.15) is 0 Å². The SMILES string of the molecule is CCOc1cc(/C=C(/C#N)c2ccc(C)cc2)c(Br)cc1OCC(=O)O. The molecule has 0 unspecified atom stereocenters. The van der Waals surface area contributed by atoms with E-state index in [0.29, 0.717) is 28.2 Å². The molecular weight excluding hydrogens is 398 g/mol. The number of ether oxygens (including phenoxy) is 2. The lowest BCUT2D eigenvalue weighted by molar-refractivity contribution is -0.139. The van der Waals surface area contributed by atoms with Gasteiger partial charge in [0, 0.05) is 4.47 Å². The van der Waals surface area contributed by atoms with Crippen molar-refractivity contribution in [3.63, 3.8) is 0 Å². The quantitative estimate of drug-likeness (QED) is 0.524. The van der Waals surface area contributed by atoms with E-state index in [4.69, 9.17) is 14.6 Å². The molecule has 26 heavy (non-hydrogen) atoms. The molecular formula is C20H18BrNO4. The Bertz CT molecular complexity index is 867. The van der Waals surface area contributed by atoms with Crippen LogP contribution < -0.4 is 9.47 Å². The second-order valence-corrected chi connectivity index (χ2v) is 6.33. The monoisotopic (exact) mass is 415 g/mol. The number of rotatable bonds is 7. The molecule has 0 saturated heterocycles. The summed E-state index contributed by atoms with van der Waals surface area (Å²) >= 11 is 3.44. The summed E-state index contributed by atoms with van der Waals surface area (Å²) in [5.74, 6) is -0.324. The smallest absolute Gasteiger partial charge is 0.341 e. The van der Waals surface area contributed by atoms with Gasteiger partial charge in [0.2, 0.25) is 0 Å². The molecule has 0 atom stereocenters. The van der Waals surface area contributed by atoms with Crippen LogP contribution in [0.25, 0.3) is 11.6 Å². The molecule has 2 rings (SSSR count). The van der Waals surface area contributed by atoms with Gasteiger partial charge in [0.05, 0.1) is 18.2 Å². The molecule has 2 aromatic rings. The molecule has 0 aliphatic heterocycles. The Balaban J connectivity index is 2.44. The van der Waals surface area contributed by atoms with Crippen LogP contribution in [0.5, 0.6) is 11.5 Å². The molecule has 1 N–H and O–H groups in total. The normalized spacial score (nSPS) is 10.9. The molecule has 6 heteroatoms. The van der Waals surface area contributed by atoms with Gasteiger partial charge in [-0.05, 0) is 43.2 Å². The topological polar surface area (TPSA) is 79.5 Å². The van der Waals surface area contributed by atoms with Crippen LogP contribution in [0.15, 0.2) is 40.9 Å². The Hall–Kier alpha value is -2.78. The van der Waals surface area contributed by atoms with Gasteiger partial charge in [-0.15, -0.1) is 0 Å². The van der Waals surface area contributed by atoms with Gasteiger partial charge < -0.3 is 14.6 Å². The average molecular weight is 416 g/mol. The van der Waals surface area contributed by atoms with Crippen LogP contribution >= 0.6 is 15.9 Å². The first kappa shape index (κ1) is 19.5. The summed E-state index contributed by atoms with van der Waals surface area (Å²) in [6.07, 6.45) is 1.75. The molecule has 0 fully saturated rings. The number of benzene rings is 2. The number of carboxylic acid groups (broad SMARTS) is 1. The first-order valence-electron chi connectivity index (χ1n) is 7.94. The summed E-state index contributed by atoms with van der Waals surface area (Å²) in [5, 5.41) is 18.3. The molecule has 134 valence electrons. The highest BCUT2D eigenvalue weighted by Crippen LogP contribution is 2.35. The van der Waals surface area contributed by atoms with Gasteiger partial charge in [0.15, 0.2) is 18.1 Å². The maximum atomic E-state index is 10.7. The van der Waals surface area contributed by atoms with Crippen LogP contribution in [-0.4, -0.2) is 24.3 Å². The minimum Gasteiger partial charge on any atom is -0.490 e. The van der Waals surface area contributed by atoms with Crippen molar-refractivity contribution in [2.75, 3.05) is 13.2 Å².